The second kappa shape index (κ2) is 3.96. The number of aromatic amines is 1. The summed E-state index contributed by atoms with van der Waals surface area (Å²) in [5, 5.41) is 0.369. The molecule has 0 radical (unpaired) electrons. The Morgan fingerprint density at radius 2 is 2.22 bits per heavy atom. The van der Waals surface area contributed by atoms with Crippen molar-refractivity contribution >= 4 is 17.3 Å². The van der Waals surface area contributed by atoms with Crippen LogP contribution >= 0.6 is 0 Å². The summed E-state index contributed by atoms with van der Waals surface area (Å²) in [4.78, 5) is 29.7. The van der Waals surface area contributed by atoms with E-state index in [0.29, 0.717) is 23.1 Å². The first-order valence-corrected chi connectivity index (χ1v) is 5.30. The molecule has 18 heavy (non-hydrogen) atoms. The number of carbonyl (C=O) groups is 1. The highest BCUT2D eigenvalue weighted by Gasteiger charge is 2.08. The molecule has 88 valence electrons. The van der Waals surface area contributed by atoms with E-state index in [1.165, 1.54) is 6.26 Å². The van der Waals surface area contributed by atoms with Gasteiger partial charge in [0.1, 0.15) is 17.7 Å². The highest BCUT2D eigenvalue weighted by atomic mass is 16.3. The molecule has 1 aromatic carbocycles. The van der Waals surface area contributed by atoms with Gasteiger partial charge in [0.15, 0.2) is 6.29 Å². The van der Waals surface area contributed by atoms with Crippen molar-refractivity contribution in [1.82, 2.24) is 9.97 Å². The molecule has 5 nitrogen and oxygen atoms in total. The summed E-state index contributed by atoms with van der Waals surface area (Å²) in [6.07, 6.45) is 4.99. The standard InChI is InChI=1S/C13H8N2O3/c16-6-9-7-18-11-2-1-8(5-10(11)12(9)17)13-14-3-4-15-13/h1-7H,(H,14,15). The third-order valence-electron chi connectivity index (χ3n) is 2.70. The van der Waals surface area contributed by atoms with Crippen molar-refractivity contribution < 1.29 is 9.21 Å². The van der Waals surface area contributed by atoms with Crippen LogP contribution in [-0.2, 0) is 0 Å². The first-order chi connectivity index (χ1) is 8.79. The maximum absolute atomic E-state index is 12.0. The summed E-state index contributed by atoms with van der Waals surface area (Å²) in [6.45, 7) is 0. The predicted octanol–water partition coefficient (Wildman–Crippen LogP) is 2.00. The molecule has 0 saturated heterocycles. The number of H-pyrrole nitrogens is 1. The molecule has 0 bridgehead atoms. The van der Waals surface area contributed by atoms with E-state index in [4.69, 9.17) is 4.42 Å². The van der Waals surface area contributed by atoms with E-state index >= 15 is 0 Å². The number of nitrogens with zero attached hydrogens (tertiary/aromatic N) is 1. The van der Waals surface area contributed by atoms with Crippen LogP contribution in [-0.4, -0.2) is 16.3 Å². The molecule has 5 heteroatoms. The van der Waals surface area contributed by atoms with Gasteiger partial charge in [0.05, 0.1) is 10.9 Å². The monoisotopic (exact) mass is 240 g/mol. The molecule has 0 atom stereocenters. The molecule has 0 unspecified atom stereocenters. The van der Waals surface area contributed by atoms with Crippen LogP contribution in [0, 0.1) is 0 Å². The van der Waals surface area contributed by atoms with Gasteiger partial charge in [0.2, 0.25) is 5.43 Å². The highest BCUT2D eigenvalue weighted by Crippen LogP contribution is 2.19. The number of benzene rings is 1. The Hall–Kier alpha value is -2.69. The van der Waals surface area contributed by atoms with Gasteiger partial charge < -0.3 is 9.40 Å². The number of aldehydes is 1. The molecule has 0 aliphatic rings. The van der Waals surface area contributed by atoms with Gasteiger partial charge in [-0.15, -0.1) is 0 Å². The van der Waals surface area contributed by atoms with Crippen molar-refractivity contribution in [3.05, 3.63) is 52.6 Å². The molecule has 0 spiro atoms. The molecular weight excluding hydrogens is 232 g/mol. The maximum atomic E-state index is 12.0. The van der Waals surface area contributed by atoms with E-state index in [2.05, 4.69) is 9.97 Å². The van der Waals surface area contributed by atoms with E-state index in [1.54, 1.807) is 30.6 Å². The zero-order chi connectivity index (χ0) is 12.5. The Balaban J connectivity index is 2.31. The quantitative estimate of drug-likeness (QED) is 0.695. The van der Waals surface area contributed by atoms with Gasteiger partial charge in [-0.25, -0.2) is 4.98 Å². The zero-order valence-electron chi connectivity index (χ0n) is 9.21. The minimum absolute atomic E-state index is 0.0131. The third-order valence-corrected chi connectivity index (χ3v) is 2.70. The fourth-order valence-electron chi connectivity index (χ4n) is 1.80. The molecule has 2 heterocycles. The molecule has 3 aromatic rings. The van der Waals surface area contributed by atoms with E-state index < -0.39 is 0 Å². The second-order valence-electron chi connectivity index (χ2n) is 3.79. The van der Waals surface area contributed by atoms with E-state index in [0.717, 1.165) is 5.56 Å². The Bertz CT molecular complexity index is 773. The van der Waals surface area contributed by atoms with Crippen LogP contribution in [0.1, 0.15) is 10.4 Å². The molecule has 3 rings (SSSR count). The van der Waals surface area contributed by atoms with Crippen LogP contribution in [0.2, 0.25) is 0 Å². The van der Waals surface area contributed by atoms with Gasteiger partial charge in [-0.05, 0) is 18.2 Å². The Morgan fingerprint density at radius 3 is 2.94 bits per heavy atom. The molecule has 2 aromatic heterocycles. The highest BCUT2D eigenvalue weighted by molar-refractivity contribution is 5.86. The van der Waals surface area contributed by atoms with Crippen LogP contribution in [0.25, 0.3) is 22.4 Å². The molecule has 0 fully saturated rings. The summed E-state index contributed by atoms with van der Waals surface area (Å²) in [5.74, 6) is 0.660. The number of hydrogen-bond donors (Lipinski definition) is 1. The maximum Gasteiger partial charge on any atom is 0.203 e. The number of hydrogen-bond acceptors (Lipinski definition) is 4. The Kier molecular flexibility index (Phi) is 2.30. The number of carbonyl (C=O) groups excluding carboxylic acids is 1. The number of nitrogens with one attached hydrogen (secondary N) is 1. The lowest BCUT2D eigenvalue weighted by Gasteiger charge is -2.00. The Morgan fingerprint density at radius 1 is 1.33 bits per heavy atom. The van der Waals surface area contributed by atoms with Crippen molar-refractivity contribution in [2.45, 2.75) is 0 Å². The average Bonchev–Trinajstić information content (AvgIpc) is 2.93. The number of fused-ring (bicyclic) bond motifs is 1. The van der Waals surface area contributed by atoms with Crippen LogP contribution in [0.4, 0.5) is 0 Å². The van der Waals surface area contributed by atoms with Gasteiger partial charge >= 0.3 is 0 Å². The van der Waals surface area contributed by atoms with Crippen molar-refractivity contribution in [3.63, 3.8) is 0 Å². The van der Waals surface area contributed by atoms with Gasteiger partial charge in [0, 0.05) is 18.0 Å². The van der Waals surface area contributed by atoms with Crippen molar-refractivity contribution in [3.8, 4) is 11.4 Å². The lowest BCUT2D eigenvalue weighted by atomic mass is 10.1. The second-order valence-corrected chi connectivity index (χ2v) is 3.79. The minimum Gasteiger partial charge on any atom is -0.463 e. The molecule has 0 aliphatic carbocycles. The average molecular weight is 240 g/mol. The summed E-state index contributed by atoms with van der Waals surface area (Å²) in [5.41, 5.74) is 0.891. The largest absolute Gasteiger partial charge is 0.463 e. The van der Waals surface area contributed by atoms with Crippen LogP contribution in [0.3, 0.4) is 0 Å². The fraction of sp³-hybridized carbons (Fsp3) is 0. The Labute approximate surface area is 101 Å². The van der Waals surface area contributed by atoms with E-state index in [9.17, 15) is 9.59 Å². The first-order valence-electron chi connectivity index (χ1n) is 5.30. The number of imidazole rings is 1. The minimum atomic E-state index is -0.334. The molecule has 1 N–H and O–H groups in total. The molecule has 0 aliphatic heterocycles. The van der Waals surface area contributed by atoms with Crippen molar-refractivity contribution in [2.24, 2.45) is 0 Å². The fourth-order valence-corrected chi connectivity index (χ4v) is 1.80. The van der Waals surface area contributed by atoms with Gasteiger partial charge in [0.25, 0.3) is 0 Å². The van der Waals surface area contributed by atoms with E-state index in [1.807, 2.05) is 0 Å². The SMILES string of the molecule is O=Cc1coc2ccc(-c3ncc[nH]3)cc2c1=O. The van der Waals surface area contributed by atoms with E-state index in [-0.39, 0.29) is 11.0 Å². The number of rotatable bonds is 2. The van der Waals surface area contributed by atoms with Crippen LogP contribution in [0.15, 0.2) is 46.1 Å². The lowest BCUT2D eigenvalue weighted by molar-refractivity contribution is 0.112. The normalized spacial score (nSPS) is 10.7. The van der Waals surface area contributed by atoms with Gasteiger partial charge in [-0.1, -0.05) is 0 Å². The summed E-state index contributed by atoms with van der Waals surface area (Å²) in [6, 6.07) is 5.14. The topological polar surface area (TPSA) is 76.0 Å². The first kappa shape index (κ1) is 10.5. The van der Waals surface area contributed by atoms with Crippen molar-refractivity contribution in [2.75, 3.05) is 0 Å². The van der Waals surface area contributed by atoms with Gasteiger partial charge in [-0.2, -0.15) is 0 Å². The number of aromatic nitrogens is 2. The molecular formula is C13H8N2O3. The summed E-state index contributed by atoms with van der Waals surface area (Å²) in [7, 11) is 0. The van der Waals surface area contributed by atoms with Crippen LogP contribution in [0.5, 0.6) is 0 Å². The lowest BCUT2D eigenvalue weighted by Crippen LogP contribution is -2.07. The molecule has 0 amide bonds. The smallest absolute Gasteiger partial charge is 0.203 e. The summed E-state index contributed by atoms with van der Waals surface area (Å²) < 4.78 is 5.22. The third kappa shape index (κ3) is 1.53. The zero-order valence-corrected chi connectivity index (χ0v) is 9.21. The molecule has 0 saturated carbocycles. The van der Waals surface area contributed by atoms with Crippen LogP contribution < -0.4 is 5.43 Å². The summed E-state index contributed by atoms with van der Waals surface area (Å²) >= 11 is 0. The van der Waals surface area contributed by atoms with Gasteiger partial charge in [-0.3, -0.25) is 9.59 Å². The predicted molar refractivity (Wildman–Crippen MR) is 65.5 cm³/mol. The van der Waals surface area contributed by atoms with Crippen molar-refractivity contribution in [1.29, 1.82) is 0 Å².